The normalized spacial score (nSPS) is 17.5. The highest BCUT2D eigenvalue weighted by Gasteiger charge is 2.29. The molecule has 1 aromatic heterocycles. The molecule has 2 aromatic rings. The van der Waals surface area contributed by atoms with E-state index in [1.165, 1.54) is 0 Å². The number of fused-ring (bicyclic) bond motifs is 1. The molecule has 0 bridgehead atoms. The van der Waals surface area contributed by atoms with E-state index in [4.69, 9.17) is 14.4 Å². The highest BCUT2D eigenvalue weighted by Crippen LogP contribution is 2.36. The van der Waals surface area contributed by atoms with Crippen LogP contribution in [0.1, 0.15) is 29.6 Å². The maximum Gasteiger partial charge on any atom is 0.226 e. The summed E-state index contributed by atoms with van der Waals surface area (Å²) in [6.07, 6.45) is 1.25. The van der Waals surface area contributed by atoms with Crippen LogP contribution in [-0.4, -0.2) is 28.5 Å². The van der Waals surface area contributed by atoms with Crippen LogP contribution < -0.4 is 4.74 Å². The summed E-state index contributed by atoms with van der Waals surface area (Å²) in [5.41, 5.74) is 1.10. The summed E-state index contributed by atoms with van der Waals surface area (Å²) < 4.78 is 10.8. The Morgan fingerprint density at radius 2 is 2.22 bits per heavy atom. The van der Waals surface area contributed by atoms with Crippen molar-refractivity contribution in [2.75, 3.05) is 13.2 Å². The molecule has 0 saturated heterocycles. The second-order valence-corrected chi connectivity index (χ2v) is 4.27. The number of aliphatic hydroxyl groups is 1. The lowest BCUT2D eigenvalue weighted by Crippen LogP contribution is -2.04. The van der Waals surface area contributed by atoms with Gasteiger partial charge in [-0.1, -0.05) is 23.4 Å². The molecule has 1 unspecified atom stereocenters. The molecular weight excluding hydrogens is 232 g/mol. The predicted molar refractivity (Wildman–Crippen MR) is 63.5 cm³/mol. The number of benzene rings is 1. The van der Waals surface area contributed by atoms with E-state index in [0.29, 0.717) is 31.2 Å². The zero-order chi connectivity index (χ0) is 12.4. The smallest absolute Gasteiger partial charge is 0.226 e. The maximum absolute atomic E-state index is 8.77. The summed E-state index contributed by atoms with van der Waals surface area (Å²) in [6, 6.07) is 7.90. The first-order valence-electron chi connectivity index (χ1n) is 6.03. The Morgan fingerprint density at radius 1 is 1.33 bits per heavy atom. The first kappa shape index (κ1) is 11.2. The average Bonchev–Trinajstić information content (AvgIpc) is 3.02. The van der Waals surface area contributed by atoms with Crippen molar-refractivity contribution in [1.82, 2.24) is 10.1 Å². The van der Waals surface area contributed by atoms with Gasteiger partial charge in [-0.25, -0.2) is 0 Å². The maximum atomic E-state index is 8.77. The van der Waals surface area contributed by atoms with Gasteiger partial charge in [-0.05, 0) is 12.5 Å². The van der Waals surface area contributed by atoms with Crippen LogP contribution >= 0.6 is 0 Å². The van der Waals surface area contributed by atoms with Gasteiger partial charge in [0, 0.05) is 18.6 Å². The second-order valence-electron chi connectivity index (χ2n) is 4.27. The minimum absolute atomic E-state index is 0.0489. The molecule has 3 rings (SSSR count). The molecule has 0 aliphatic carbocycles. The van der Waals surface area contributed by atoms with Crippen LogP contribution in [0.2, 0.25) is 0 Å². The Balaban J connectivity index is 1.82. The van der Waals surface area contributed by atoms with E-state index in [9.17, 15) is 0 Å². The monoisotopic (exact) mass is 246 g/mol. The number of nitrogens with zero attached hydrogens (tertiary/aromatic N) is 2. The van der Waals surface area contributed by atoms with Crippen molar-refractivity contribution in [2.45, 2.75) is 18.8 Å². The van der Waals surface area contributed by atoms with Crippen molar-refractivity contribution in [3.8, 4) is 5.75 Å². The predicted octanol–water partition coefficient (Wildman–Crippen LogP) is 1.52. The van der Waals surface area contributed by atoms with Gasteiger partial charge >= 0.3 is 0 Å². The fourth-order valence-electron chi connectivity index (χ4n) is 2.12. The van der Waals surface area contributed by atoms with E-state index in [-0.39, 0.29) is 12.5 Å². The minimum Gasteiger partial charge on any atom is -0.492 e. The Bertz CT molecular complexity index is 539. The molecule has 0 fully saturated rings. The Labute approximate surface area is 104 Å². The molecule has 2 heterocycles. The van der Waals surface area contributed by atoms with Crippen molar-refractivity contribution in [3.63, 3.8) is 0 Å². The zero-order valence-corrected chi connectivity index (χ0v) is 9.87. The third kappa shape index (κ3) is 1.97. The SMILES string of the molecule is OCCCc1nc(C2COc3ccccc32)no1. The molecular formula is C13H14N2O3. The molecule has 94 valence electrons. The summed E-state index contributed by atoms with van der Waals surface area (Å²) >= 11 is 0. The lowest BCUT2D eigenvalue weighted by molar-refractivity contribution is 0.278. The van der Waals surface area contributed by atoms with Crippen LogP contribution in [0.3, 0.4) is 0 Å². The number of hydrogen-bond donors (Lipinski definition) is 1. The summed E-state index contributed by atoms with van der Waals surface area (Å²) in [5.74, 6) is 2.17. The van der Waals surface area contributed by atoms with Gasteiger partial charge in [0.05, 0.1) is 5.92 Å². The number of aryl methyl sites for hydroxylation is 1. The van der Waals surface area contributed by atoms with Gasteiger partial charge in [0.25, 0.3) is 0 Å². The van der Waals surface area contributed by atoms with E-state index >= 15 is 0 Å². The summed E-state index contributed by atoms with van der Waals surface area (Å²) in [7, 11) is 0. The van der Waals surface area contributed by atoms with E-state index in [0.717, 1.165) is 11.3 Å². The van der Waals surface area contributed by atoms with Gasteiger partial charge in [-0.15, -0.1) is 0 Å². The summed E-state index contributed by atoms with van der Waals surface area (Å²) in [4.78, 5) is 4.36. The number of para-hydroxylation sites is 1. The molecule has 0 amide bonds. The summed E-state index contributed by atoms with van der Waals surface area (Å²) in [6.45, 7) is 0.686. The highest BCUT2D eigenvalue weighted by molar-refractivity contribution is 5.42. The summed E-state index contributed by atoms with van der Waals surface area (Å²) in [5, 5.41) is 12.8. The standard InChI is InChI=1S/C13H14N2O3/c16-7-3-6-12-14-13(15-18-12)10-8-17-11-5-2-1-4-9(10)11/h1-2,4-5,10,16H,3,6-8H2. The molecule has 5 nitrogen and oxygen atoms in total. The van der Waals surface area contributed by atoms with Crippen LogP contribution in [0.15, 0.2) is 28.8 Å². The van der Waals surface area contributed by atoms with Gasteiger partial charge in [0.1, 0.15) is 12.4 Å². The van der Waals surface area contributed by atoms with E-state index in [1.54, 1.807) is 0 Å². The Hall–Kier alpha value is -1.88. The number of aromatic nitrogens is 2. The van der Waals surface area contributed by atoms with E-state index in [2.05, 4.69) is 10.1 Å². The molecule has 5 heteroatoms. The van der Waals surface area contributed by atoms with Crippen molar-refractivity contribution in [3.05, 3.63) is 41.5 Å². The molecule has 18 heavy (non-hydrogen) atoms. The van der Waals surface area contributed by atoms with Gasteiger partial charge in [0.2, 0.25) is 5.89 Å². The van der Waals surface area contributed by atoms with Crippen LogP contribution in [0.4, 0.5) is 0 Å². The van der Waals surface area contributed by atoms with Crippen LogP contribution in [0.25, 0.3) is 0 Å². The number of rotatable bonds is 4. The lowest BCUT2D eigenvalue weighted by Gasteiger charge is -2.01. The lowest BCUT2D eigenvalue weighted by atomic mass is 10.0. The fourth-order valence-corrected chi connectivity index (χ4v) is 2.12. The first-order valence-corrected chi connectivity index (χ1v) is 6.03. The molecule has 0 saturated carbocycles. The third-order valence-electron chi connectivity index (χ3n) is 3.04. The second kappa shape index (κ2) is 4.78. The Morgan fingerprint density at radius 3 is 3.11 bits per heavy atom. The van der Waals surface area contributed by atoms with Crippen molar-refractivity contribution >= 4 is 0 Å². The quantitative estimate of drug-likeness (QED) is 0.885. The molecule has 0 spiro atoms. The van der Waals surface area contributed by atoms with E-state index in [1.807, 2.05) is 24.3 Å². The van der Waals surface area contributed by atoms with Gasteiger partial charge in [-0.2, -0.15) is 4.98 Å². The Kier molecular flexibility index (Phi) is 2.98. The van der Waals surface area contributed by atoms with Crippen molar-refractivity contribution in [1.29, 1.82) is 0 Å². The fraction of sp³-hybridized carbons (Fsp3) is 0.385. The largest absolute Gasteiger partial charge is 0.492 e. The minimum atomic E-state index is 0.0489. The molecule has 0 radical (unpaired) electrons. The van der Waals surface area contributed by atoms with Crippen molar-refractivity contribution in [2.24, 2.45) is 0 Å². The third-order valence-corrected chi connectivity index (χ3v) is 3.04. The van der Waals surface area contributed by atoms with Crippen LogP contribution in [-0.2, 0) is 6.42 Å². The van der Waals surface area contributed by atoms with Crippen molar-refractivity contribution < 1.29 is 14.4 Å². The van der Waals surface area contributed by atoms with Crippen LogP contribution in [0.5, 0.6) is 5.75 Å². The first-order chi connectivity index (χ1) is 8.88. The highest BCUT2D eigenvalue weighted by atomic mass is 16.5. The van der Waals surface area contributed by atoms with Gasteiger partial charge < -0.3 is 14.4 Å². The average molecular weight is 246 g/mol. The molecule has 1 atom stereocenters. The zero-order valence-electron chi connectivity index (χ0n) is 9.87. The van der Waals surface area contributed by atoms with E-state index < -0.39 is 0 Å². The van der Waals surface area contributed by atoms with Crippen LogP contribution in [0, 0.1) is 0 Å². The topological polar surface area (TPSA) is 68.4 Å². The number of ether oxygens (including phenoxy) is 1. The molecule has 1 aliphatic rings. The molecule has 1 aliphatic heterocycles. The molecule has 1 aromatic carbocycles. The number of aliphatic hydroxyl groups excluding tert-OH is 1. The van der Waals surface area contributed by atoms with Gasteiger partial charge in [-0.3, -0.25) is 0 Å². The number of hydrogen-bond acceptors (Lipinski definition) is 5. The van der Waals surface area contributed by atoms with Gasteiger partial charge in [0.15, 0.2) is 5.82 Å². The molecule has 1 N–H and O–H groups in total.